The summed E-state index contributed by atoms with van der Waals surface area (Å²) in [6.07, 6.45) is -5.34. The van der Waals surface area contributed by atoms with Crippen molar-refractivity contribution in [2.24, 2.45) is 10.9 Å². The molecule has 2 amide bonds. The zero-order chi connectivity index (χ0) is 25.4. The molecule has 4 N–H and O–H groups in total. The van der Waals surface area contributed by atoms with Gasteiger partial charge in [-0.25, -0.2) is 10.7 Å². The summed E-state index contributed by atoms with van der Waals surface area (Å²) in [4.78, 5) is 33.4. The molecule has 13 heteroatoms. The van der Waals surface area contributed by atoms with Crippen molar-refractivity contribution in [2.75, 3.05) is 26.3 Å². The quantitative estimate of drug-likeness (QED) is 0.221. The van der Waals surface area contributed by atoms with Gasteiger partial charge >= 0.3 is 18.2 Å². The van der Waals surface area contributed by atoms with Gasteiger partial charge in [0.25, 0.3) is 0 Å². The Kier molecular flexibility index (Phi) is 9.50. The van der Waals surface area contributed by atoms with E-state index in [2.05, 4.69) is 15.1 Å². The average molecular weight is 489 g/mol. The molecular formula is C21H30F3N5O5. The summed E-state index contributed by atoms with van der Waals surface area (Å²) in [7, 11) is 0. The Morgan fingerprint density at radius 1 is 1.15 bits per heavy atom. The summed E-state index contributed by atoms with van der Waals surface area (Å²) in [6.45, 7) is 6.38. The van der Waals surface area contributed by atoms with Gasteiger partial charge in [0.1, 0.15) is 24.6 Å². The van der Waals surface area contributed by atoms with E-state index >= 15 is 0 Å². The number of halogens is 3. The predicted octanol–water partition coefficient (Wildman–Crippen LogP) is 2.22. The van der Waals surface area contributed by atoms with Crippen molar-refractivity contribution in [1.82, 2.24) is 15.5 Å². The fourth-order valence-corrected chi connectivity index (χ4v) is 2.98. The van der Waals surface area contributed by atoms with Gasteiger partial charge in [0.05, 0.1) is 0 Å². The van der Waals surface area contributed by atoms with Crippen LogP contribution in [0.3, 0.4) is 0 Å². The SMILES string of the molecule is CC(C)(C)OC(=O)NCCCN=C(NC(=O)C(F)(F)F)N1Cc2ccc(OCCON)cc2C1. The van der Waals surface area contributed by atoms with Crippen LogP contribution < -0.4 is 21.3 Å². The number of aliphatic imine (C=N–C) groups is 1. The summed E-state index contributed by atoms with van der Waals surface area (Å²) >= 11 is 0. The van der Waals surface area contributed by atoms with Gasteiger partial charge in [-0.2, -0.15) is 13.2 Å². The minimum Gasteiger partial charge on any atom is -0.491 e. The Hall–Kier alpha value is -3.06. The Balaban J connectivity index is 2.01. The number of guanidine groups is 1. The zero-order valence-electron chi connectivity index (χ0n) is 19.3. The number of nitrogens with two attached hydrogens (primary N) is 1. The molecule has 1 aromatic rings. The van der Waals surface area contributed by atoms with Gasteiger partial charge in [-0.1, -0.05) is 6.07 Å². The van der Waals surface area contributed by atoms with Gasteiger partial charge in [0, 0.05) is 26.2 Å². The largest absolute Gasteiger partial charge is 0.491 e. The highest BCUT2D eigenvalue weighted by Crippen LogP contribution is 2.27. The number of carbonyl (C=O) groups excluding carboxylic acids is 2. The lowest BCUT2D eigenvalue weighted by Gasteiger charge is -2.21. The van der Waals surface area contributed by atoms with Crippen LogP contribution in [0.15, 0.2) is 23.2 Å². The Labute approximate surface area is 195 Å². The second-order valence-electron chi connectivity index (χ2n) is 8.45. The summed E-state index contributed by atoms with van der Waals surface area (Å²) in [5.74, 6) is 3.21. The molecule has 0 unspecified atom stereocenters. The lowest BCUT2D eigenvalue weighted by Crippen LogP contribution is -2.47. The summed E-state index contributed by atoms with van der Waals surface area (Å²) in [5.41, 5.74) is 1.04. The Morgan fingerprint density at radius 2 is 1.85 bits per heavy atom. The molecule has 10 nitrogen and oxygen atoms in total. The summed E-state index contributed by atoms with van der Waals surface area (Å²) in [5, 5.41) is 4.41. The van der Waals surface area contributed by atoms with Crippen molar-refractivity contribution in [3.05, 3.63) is 29.3 Å². The number of amides is 2. The second-order valence-corrected chi connectivity index (χ2v) is 8.45. The minimum atomic E-state index is -5.06. The van der Waals surface area contributed by atoms with Crippen LogP contribution in [0, 0.1) is 0 Å². The number of alkyl carbamates (subject to hydrolysis) is 1. The van der Waals surface area contributed by atoms with Crippen LogP contribution in [0.2, 0.25) is 0 Å². The third-order valence-electron chi connectivity index (χ3n) is 4.42. The molecule has 190 valence electrons. The molecule has 0 fully saturated rings. The third kappa shape index (κ3) is 9.06. The summed E-state index contributed by atoms with van der Waals surface area (Å²) in [6, 6.07) is 5.29. The molecule has 1 aliphatic heterocycles. The van der Waals surface area contributed by atoms with Gasteiger partial charge in [0.15, 0.2) is 0 Å². The van der Waals surface area contributed by atoms with E-state index in [9.17, 15) is 22.8 Å². The Morgan fingerprint density at radius 3 is 2.50 bits per heavy atom. The highest BCUT2D eigenvalue weighted by Gasteiger charge is 2.40. The molecule has 1 heterocycles. The molecule has 1 aromatic carbocycles. The van der Waals surface area contributed by atoms with Crippen LogP contribution in [-0.4, -0.2) is 60.9 Å². The number of hydrogen-bond donors (Lipinski definition) is 3. The lowest BCUT2D eigenvalue weighted by molar-refractivity contribution is -0.172. The van der Waals surface area contributed by atoms with Crippen molar-refractivity contribution < 1.29 is 37.1 Å². The minimum absolute atomic E-state index is 0.0730. The molecule has 0 aliphatic carbocycles. The molecule has 0 saturated heterocycles. The van der Waals surface area contributed by atoms with Crippen LogP contribution in [0.4, 0.5) is 18.0 Å². The van der Waals surface area contributed by atoms with Gasteiger partial charge in [-0.15, -0.1) is 0 Å². The van der Waals surface area contributed by atoms with Gasteiger partial charge < -0.3 is 24.5 Å². The molecule has 0 radical (unpaired) electrons. The second kappa shape index (κ2) is 11.9. The van der Waals surface area contributed by atoms with Gasteiger partial charge in [-0.05, 0) is 50.5 Å². The first-order chi connectivity index (χ1) is 15.9. The van der Waals surface area contributed by atoms with Crippen molar-refractivity contribution in [1.29, 1.82) is 0 Å². The molecule has 0 bridgehead atoms. The molecule has 0 atom stereocenters. The number of rotatable bonds is 8. The standard InChI is InChI=1S/C21H30F3N5O5/c1-20(2,3)34-19(31)27-8-4-7-26-18(28-17(30)21(22,23)24)29-12-14-5-6-16(11-15(14)13-29)32-9-10-33-25/h5-6,11H,4,7-10,12-13,25H2,1-3H3,(H,27,31)(H,26,28,30). The van der Waals surface area contributed by atoms with Crippen LogP contribution in [0.5, 0.6) is 5.75 Å². The first kappa shape index (κ1) is 27.2. The van der Waals surface area contributed by atoms with E-state index in [1.165, 1.54) is 4.90 Å². The number of fused-ring (bicyclic) bond motifs is 1. The molecule has 1 aliphatic rings. The van der Waals surface area contributed by atoms with Gasteiger partial charge in [-0.3, -0.25) is 15.1 Å². The molecule has 0 saturated carbocycles. The van der Waals surface area contributed by atoms with E-state index < -0.39 is 23.8 Å². The van der Waals surface area contributed by atoms with E-state index in [0.717, 1.165) is 11.1 Å². The van der Waals surface area contributed by atoms with E-state index in [1.807, 2.05) is 5.32 Å². The van der Waals surface area contributed by atoms with E-state index in [-0.39, 0.29) is 45.4 Å². The van der Waals surface area contributed by atoms with Crippen LogP contribution in [0.1, 0.15) is 38.3 Å². The van der Waals surface area contributed by atoms with Crippen LogP contribution in [-0.2, 0) is 27.5 Å². The molecule has 2 rings (SSSR count). The normalized spacial score (nSPS) is 14.0. The molecule has 0 aromatic heterocycles. The van der Waals surface area contributed by atoms with Crippen molar-refractivity contribution in [3.8, 4) is 5.75 Å². The fraction of sp³-hybridized carbons (Fsp3) is 0.571. The monoisotopic (exact) mass is 489 g/mol. The highest BCUT2D eigenvalue weighted by molar-refractivity contribution is 5.99. The van der Waals surface area contributed by atoms with Gasteiger partial charge in [0.2, 0.25) is 5.96 Å². The maximum atomic E-state index is 12.8. The number of hydrogen-bond acceptors (Lipinski definition) is 7. The predicted molar refractivity (Wildman–Crippen MR) is 117 cm³/mol. The highest BCUT2D eigenvalue weighted by atomic mass is 19.4. The number of alkyl halides is 3. The third-order valence-corrected chi connectivity index (χ3v) is 4.42. The molecule has 34 heavy (non-hydrogen) atoms. The number of benzene rings is 1. The number of nitrogens with one attached hydrogen (secondary N) is 2. The Bertz CT molecular complexity index is 887. The van der Waals surface area contributed by atoms with Crippen LogP contribution >= 0.6 is 0 Å². The van der Waals surface area contributed by atoms with E-state index in [1.54, 1.807) is 39.0 Å². The number of nitrogens with zero attached hydrogens (tertiary/aromatic N) is 2. The summed E-state index contributed by atoms with van der Waals surface area (Å²) < 4.78 is 49.1. The lowest BCUT2D eigenvalue weighted by atomic mass is 10.1. The average Bonchev–Trinajstić information content (AvgIpc) is 3.14. The first-order valence-electron chi connectivity index (χ1n) is 10.6. The fourth-order valence-electron chi connectivity index (χ4n) is 2.98. The van der Waals surface area contributed by atoms with E-state index in [4.69, 9.17) is 15.4 Å². The van der Waals surface area contributed by atoms with Crippen molar-refractivity contribution >= 4 is 18.0 Å². The van der Waals surface area contributed by atoms with Crippen molar-refractivity contribution in [2.45, 2.75) is 52.1 Å². The smallest absolute Gasteiger partial charge is 0.471 e. The molecule has 0 spiro atoms. The van der Waals surface area contributed by atoms with Crippen molar-refractivity contribution in [3.63, 3.8) is 0 Å². The van der Waals surface area contributed by atoms with E-state index in [0.29, 0.717) is 12.2 Å². The zero-order valence-corrected chi connectivity index (χ0v) is 19.3. The maximum Gasteiger partial charge on any atom is 0.471 e. The topological polar surface area (TPSA) is 128 Å². The van der Waals surface area contributed by atoms with Crippen LogP contribution in [0.25, 0.3) is 0 Å². The first-order valence-corrected chi connectivity index (χ1v) is 10.6. The number of ether oxygens (including phenoxy) is 2. The number of carbonyl (C=O) groups is 2. The molecular weight excluding hydrogens is 459 g/mol. The maximum absolute atomic E-state index is 12.8.